The second-order valence-corrected chi connectivity index (χ2v) is 7.27. The lowest BCUT2D eigenvalue weighted by Crippen LogP contribution is -2.33. The summed E-state index contributed by atoms with van der Waals surface area (Å²) in [7, 11) is 1.63. The van der Waals surface area contributed by atoms with E-state index in [4.69, 9.17) is 4.74 Å². The summed E-state index contributed by atoms with van der Waals surface area (Å²) in [6.45, 7) is 0.341. The first-order chi connectivity index (χ1) is 14.9. The molecule has 6 nitrogen and oxygen atoms in total. The van der Waals surface area contributed by atoms with E-state index >= 15 is 0 Å². The number of aromatic nitrogens is 1. The van der Waals surface area contributed by atoms with Gasteiger partial charge in [0.05, 0.1) is 0 Å². The van der Waals surface area contributed by atoms with Crippen LogP contribution < -0.4 is 10.1 Å². The molecule has 8 heteroatoms. The average Bonchev–Trinajstić information content (AvgIpc) is 3.05. The van der Waals surface area contributed by atoms with E-state index in [1.807, 2.05) is 6.07 Å². The molecule has 2 amide bonds. The highest BCUT2D eigenvalue weighted by Crippen LogP contribution is 2.36. The lowest BCUT2D eigenvalue weighted by molar-refractivity contribution is -0.135. The monoisotopic (exact) mass is 423 g/mol. The van der Waals surface area contributed by atoms with Crippen molar-refractivity contribution >= 4 is 17.6 Å². The van der Waals surface area contributed by atoms with Crippen LogP contribution in [-0.2, 0) is 9.59 Å². The number of carbonyl (C=O) groups is 2. The van der Waals surface area contributed by atoms with Crippen molar-refractivity contribution in [2.75, 3.05) is 18.9 Å². The Bertz CT molecular complexity index is 1120. The van der Waals surface area contributed by atoms with Crippen molar-refractivity contribution in [3.63, 3.8) is 0 Å². The fourth-order valence-electron chi connectivity index (χ4n) is 3.62. The number of pyridine rings is 1. The Morgan fingerprint density at radius 3 is 2.55 bits per heavy atom. The number of hydrogen-bond acceptors (Lipinski definition) is 4. The maximum atomic E-state index is 13.3. The SMILES string of the molecule is CN1C[C@@H](c2cccc(Oc3ccc(F)cc3)c2)[C@H](C(=O)Nc2cccc(F)n2)C1=O. The molecule has 4 rings (SSSR count). The summed E-state index contributed by atoms with van der Waals surface area (Å²) in [6, 6.07) is 16.7. The van der Waals surface area contributed by atoms with Gasteiger partial charge in [0.2, 0.25) is 17.8 Å². The third-order valence-electron chi connectivity index (χ3n) is 5.10. The van der Waals surface area contributed by atoms with E-state index in [1.165, 1.54) is 47.4 Å². The smallest absolute Gasteiger partial charge is 0.238 e. The van der Waals surface area contributed by atoms with E-state index < -0.39 is 23.7 Å². The number of ether oxygens (including phenoxy) is 1. The van der Waals surface area contributed by atoms with Gasteiger partial charge in [-0.25, -0.2) is 9.37 Å². The number of nitrogens with zero attached hydrogens (tertiary/aromatic N) is 2. The van der Waals surface area contributed by atoms with Crippen molar-refractivity contribution in [2.24, 2.45) is 5.92 Å². The van der Waals surface area contributed by atoms with Crippen molar-refractivity contribution in [3.8, 4) is 11.5 Å². The number of halogens is 2. The third kappa shape index (κ3) is 4.53. The minimum atomic E-state index is -0.990. The summed E-state index contributed by atoms with van der Waals surface area (Å²) in [4.78, 5) is 30.7. The van der Waals surface area contributed by atoms with Gasteiger partial charge in [-0.15, -0.1) is 0 Å². The summed E-state index contributed by atoms with van der Waals surface area (Å²) in [5.74, 6) is -2.39. The molecule has 0 spiro atoms. The first kappa shape index (κ1) is 20.5. The molecular formula is C23H19F2N3O3. The zero-order valence-electron chi connectivity index (χ0n) is 16.6. The van der Waals surface area contributed by atoms with E-state index in [2.05, 4.69) is 10.3 Å². The molecule has 31 heavy (non-hydrogen) atoms. The minimum absolute atomic E-state index is 0.0412. The van der Waals surface area contributed by atoms with E-state index in [0.717, 1.165) is 5.56 Å². The second kappa shape index (κ2) is 8.51. The average molecular weight is 423 g/mol. The first-order valence-corrected chi connectivity index (χ1v) is 9.62. The number of amides is 2. The highest BCUT2D eigenvalue weighted by molar-refractivity contribution is 6.08. The third-order valence-corrected chi connectivity index (χ3v) is 5.10. The number of likely N-dealkylation sites (N-methyl/N-ethyl adjacent to an activating group) is 1. The Morgan fingerprint density at radius 2 is 1.81 bits per heavy atom. The van der Waals surface area contributed by atoms with Gasteiger partial charge >= 0.3 is 0 Å². The summed E-state index contributed by atoms with van der Waals surface area (Å²) in [5.41, 5.74) is 0.740. The molecule has 2 atom stereocenters. The molecule has 1 aliphatic rings. The van der Waals surface area contributed by atoms with Gasteiger partial charge in [-0.3, -0.25) is 9.59 Å². The van der Waals surface area contributed by atoms with Crippen LogP contribution in [0.4, 0.5) is 14.6 Å². The standard InChI is InChI=1S/C23H19F2N3O3/c1-28-13-18(21(23(28)30)22(29)27-20-7-3-6-19(25)26-20)14-4-2-5-17(12-14)31-16-10-8-15(24)9-11-16/h2-12,18,21H,13H2,1H3,(H,26,27,29)/t18-,21+/m0/s1. The van der Waals surface area contributed by atoms with Gasteiger partial charge in [0.25, 0.3) is 0 Å². The predicted molar refractivity (Wildman–Crippen MR) is 110 cm³/mol. The number of anilines is 1. The topological polar surface area (TPSA) is 71.5 Å². The van der Waals surface area contributed by atoms with E-state index in [9.17, 15) is 18.4 Å². The van der Waals surface area contributed by atoms with Gasteiger partial charge in [0, 0.05) is 19.5 Å². The highest BCUT2D eigenvalue weighted by Gasteiger charge is 2.44. The summed E-state index contributed by atoms with van der Waals surface area (Å²) >= 11 is 0. The molecule has 1 saturated heterocycles. The number of likely N-dealkylation sites (tertiary alicyclic amines) is 1. The van der Waals surface area contributed by atoms with Gasteiger partial charge < -0.3 is 15.0 Å². The van der Waals surface area contributed by atoms with Crippen LogP contribution >= 0.6 is 0 Å². The van der Waals surface area contributed by atoms with Gasteiger partial charge in [-0.05, 0) is 54.1 Å². The van der Waals surface area contributed by atoms with Gasteiger partial charge in [0.15, 0.2) is 0 Å². The Kier molecular flexibility index (Phi) is 5.62. The van der Waals surface area contributed by atoms with Crippen molar-refractivity contribution in [1.82, 2.24) is 9.88 Å². The van der Waals surface area contributed by atoms with Crippen molar-refractivity contribution in [3.05, 3.63) is 84.1 Å². The molecule has 0 radical (unpaired) electrons. The Balaban J connectivity index is 1.57. The van der Waals surface area contributed by atoms with Gasteiger partial charge in [-0.1, -0.05) is 18.2 Å². The molecule has 1 fully saturated rings. The summed E-state index contributed by atoms with van der Waals surface area (Å²) in [6.07, 6.45) is 0. The number of benzene rings is 2. The molecule has 158 valence electrons. The van der Waals surface area contributed by atoms with Crippen LogP contribution in [0.15, 0.2) is 66.7 Å². The quantitative estimate of drug-likeness (QED) is 0.498. The van der Waals surface area contributed by atoms with E-state index in [1.54, 1.807) is 25.2 Å². The van der Waals surface area contributed by atoms with Gasteiger partial charge in [-0.2, -0.15) is 4.39 Å². The number of carbonyl (C=O) groups excluding carboxylic acids is 2. The Hall–Kier alpha value is -3.81. The molecule has 1 aliphatic heterocycles. The molecular weight excluding hydrogens is 404 g/mol. The number of rotatable bonds is 5. The van der Waals surface area contributed by atoms with Crippen molar-refractivity contribution in [2.45, 2.75) is 5.92 Å². The fraction of sp³-hybridized carbons (Fsp3) is 0.174. The number of nitrogens with one attached hydrogen (secondary N) is 1. The molecule has 1 N–H and O–H groups in total. The highest BCUT2D eigenvalue weighted by atomic mass is 19.1. The molecule has 2 aromatic carbocycles. The molecule has 3 aromatic rings. The zero-order valence-corrected chi connectivity index (χ0v) is 16.6. The fourth-order valence-corrected chi connectivity index (χ4v) is 3.62. The van der Waals surface area contributed by atoms with E-state index in [-0.39, 0.29) is 17.5 Å². The summed E-state index contributed by atoms with van der Waals surface area (Å²) in [5, 5.41) is 2.53. The Morgan fingerprint density at radius 1 is 1.06 bits per heavy atom. The molecule has 2 heterocycles. The van der Waals surface area contributed by atoms with Crippen LogP contribution in [0.1, 0.15) is 11.5 Å². The Labute approximate surface area is 177 Å². The molecule has 0 unspecified atom stereocenters. The largest absolute Gasteiger partial charge is 0.457 e. The van der Waals surface area contributed by atoms with Crippen LogP contribution in [0, 0.1) is 17.7 Å². The van der Waals surface area contributed by atoms with Gasteiger partial charge in [0.1, 0.15) is 29.1 Å². The second-order valence-electron chi connectivity index (χ2n) is 7.27. The molecule has 0 bridgehead atoms. The molecule has 0 aliphatic carbocycles. The minimum Gasteiger partial charge on any atom is -0.457 e. The lowest BCUT2D eigenvalue weighted by Gasteiger charge is -2.17. The van der Waals surface area contributed by atoms with Crippen LogP contribution in [0.2, 0.25) is 0 Å². The maximum absolute atomic E-state index is 13.3. The van der Waals surface area contributed by atoms with Crippen LogP contribution in [0.5, 0.6) is 11.5 Å². The van der Waals surface area contributed by atoms with Crippen molar-refractivity contribution in [1.29, 1.82) is 0 Å². The van der Waals surface area contributed by atoms with Crippen LogP contribution in [-0.4, -0.2) is 35.3 Å². The van der Waals surface area contributed by atoms with Crippen LogP contribution in [0.25, 0.3) is 0 Å². The summed E-state index contributed by atoms with van der Waals surface area (Å²) < 4.78 is 32.2. The van der Waals surface area contributed by atoms with Crippen molar-refractivity contribution < 1.29 is 23.1 Å². The predicted octanol–water partition coefficient (Wildman–Crippen LogP) is 3.96. The van der Waals surface area contributed by atoms with Crippen LogP contribution in [0.3, 0.4) is 0 Å². The number of hydrogen-bond donors (Lipinski definition) is 1. The maximum Gasteiger partial charge on any atom is 0.238 e. The molecule has 0 saturated carbocycles. The lowest BCUT2D eigenvalue weighted by atomic mass is 9.88. The zero-order chi connectivity index (χ0) is 22.0. The molecule has 1 aromatic heterocycles. The first-order valence-electron chi connectivity index (χ1n) is 9.62. The van der Waals surface area contributed by atoms with E-state index in [0.29, 0.717) is 18.0 Å². The normalized spacial score (nSPS) is 18.2.